The van der Waals surface area contributed by atoms with Crippen LogP contribution in [-0.4, -0.2) is 31.8 Å². The van der Waals surface area contributed by atoms with E-state index in [0.717, 1.165) is 11.2 Å². The van der Waals surface area contributed by atoms with Crippen LogP contribution in [0.15, 0.2) is 46.7 Å². The first kappa shape index (κ1) is 16.3. The van der Waals surface area contributed by atoms with Gasteiger partial charge in [0.15, 0.2) is 4.96 Å². The molecule has 4 rings (SSSR count). The second-order valence-corrected chi connectivity index (χ2v) is 6.67. The smallest absolute Gasteiger partial charge is 0.271 e. The maximum Gasteiger partial charge on any atom is 0.271 e. The quantitative estimate of drug-likeness (QED) is 0.597. The molecule has 8 heteroatoms. The highest BCUT2D eigenvalue weighted by Gasteiger charge is 2.11. The standard InChI is InChI=1S/C18H15N5O2S/c1-11-8-16(24)23-12(10-26-18(23)21-11)6-7-19-17(25)15-9-20-13-4-2-3-5-14(13)22-15/h2-5,8-10H,6-7H2,1H3,(H,19,25). The minimum atomic E-state index is -0.288. The van der Waals surface area contributed by atoms with Crippen LogP contribution in [0, 0.1) is 6.92 Å². The molecule has 26 heavy (non-hydrogen) atoms. The lowest BCUT2D eigenvalue weighted by Gasteiger charge is -2.05. The molecular formula is C18H15N5O2S. The third-order valence-electron chi connectivity index (χ3n) is 3.95. The first-order valence-electron chi connectivity index (χ1n) is 8.08. The van der Waals surface area contributed by atoms with Gasteiger partial charge in [-0.1, -0.05) is 12.1 Å². The Balaban J connectivity index is 1.47. The number of amides is 1. The maximum absolute atomic E-state index is 12.3. The Labute approximate surface area is 152 Å². The first-order valence-corrected chi connectivity index (χ1v) is 8.96. The third-order valence-corrected chi connectivity index (χ3v) is 4.83. The zero-order valence-corrected chi connectivity index (χ0v) is 14.8. The first-order chi connectivity index (χ1) is 12.6. The van der Waals surface area contributed by atoms with Crippen molar-refractivity contribution < 1.29 is 4.79 Å². The van der Waals surface area contributed by atoms with Crippen molar-refractivity contribution in [3.8, 4) is 0 Å². The highest BCUT2D eigenvalue weighted by Crippen LogP contribution is 2.13. The molecule has 1 N–H and O–H groups in total. The molecule has 7 nitrogen and oxygen atoms in total. The van der Waals surface area contributed by atoms with Gasteiger partial charge in [-0.05, 0) is 19.1 Å². The maximum atomic E-state index is 12.3. The summed E-state index contributed by atoms with van der Waals surface area (Å²) in [7, 11) is 0. The van der Waals surface area contributed by atoms with Gasteiger partial charge in [0.25, 0.3) is 11.5 Å². The molecule has 0 atom stereocenters. The summed E-state index contributed by atoms with van der Waals surface area (Å²) in [5.41, 5.74) is 3.12. The summed E-state index contributed by atoms with van der Waals surface area (Å²) in [6, 6.07) is 8.90. The highest BCUT2D eigenvalue weighted by atomic mass is 32.1. The van der Waals surface area contributed by atoms with Crippen molar-refractivity contribution >= 4 is 33.2 Å². The van der Waals surface area contributed by atoms with Gasteiger partial charge in [0.1, 0.15) is 5.69 Å². The molecule has 130 valence electrons. The van der Waals surface area contributed by atoms with Gasteiger partial charge in [0.05, 0.1) is 17.2 Å². The van der Waals surface area contributed by atoms with Crippen molar-refractivity contribution in [1.29, 1.82) is 0 Å². The molecule has 1 aromatic carbocycles. The number of carbonyl (C=O) groups is 1. The molecule has 0 unspecified atom stereocenters. The monoisotopic (exact) mass is 365 g/mol. The van der Waals surface area contributed by atoms with Crippen molar-refractivity contribution in [2.24, 2.45) is 0 Å². The lowest BCUT2D eigenvalue weighted by atomic mass is 10.3. The number of hydrogen-bond acceptors (Lipinski definition) is 6. The van der Waals surface area contributed by atoms with Crippen LogP contribution in [-0.2, 0) is 6.42 Å². The van der Waals surface area contributed by atoms with Crippen LogP contribution in [0.2, 0.25) is 0 Å². The Bertz CT molecular complexity index is 1180. The second kappa shape index (κ2) is 6.64. The van der Waals surface area contributed by atoms with Crippen LogP contribution in [0.3, 0.4) is 0 Å². The van der Waals surface area contributed by atoms with Crippen LogP contribution < -0.4 is 10.9 Å². The van der Waals surface area contributed by atoms with E-state index in [0.29, 0.717) is 29.1 Å². The molecule has 0 saturated carbocycles. The lowest BCUT2D eigenvalue weighted by Crippen LogP contribution is -2.27. The van der Waals surface area contributed by atoms with E-state index in [1.807, 2.05) is 29.6 Å². The van der Waals surface area contributed by atoms with Crippen molar-refractivity contribution in [2.75, 3.05) is 6.54 Å². The van der Waals surface area contributed by atoms with Gasteiger partial charge in [-0.3, -0.25) is 19.0 Å². The number of benzene rings is 1. The Morgan fingerprint density at radius 1 is 1.23 bits per heavy atom. The van der Waals surface area contributed by atoms with Crippen LogP contribution >= 0.6 is 11.3 Å². The lowest BCUT2D eigenvalue weighted by molar-refractivity contribution is 0.0949. The number of fused-ring (bicyclic) bond motifs is 2. The predicted octanol–water partition coefficient (Wildman–Crippen LogP) is 1.98. The van der Waals surface area contributed by atoms with E-state index < -0.39 is 0 Å². The van der Waals surface area contributed by atoms with E-state index in [2.05, 4.69) is 20.3 Å². The van der Waals surface area contributed by atoms with Gasteiger partial charge >= 0.3 is 0 Å². The molecule has 0 fully saturated rings. The molecule has 0 bridgehead atoms. The highest BCUT2D eigenvalue weighted by molar-refractivity contribution is 7.15. The Morgan fingerprint density at radius 2 is 2.04 bits per heavy atom. The molecule has 0 saturated heterocycles. The van der Waals surface area contributed by atoms with Gasteiger partial charge in [-0.2, -0.15) is 0 Å². The topological polar surface area (TPSA) is 89.2 Å². The average molecular weight is 365 g/mol. The summed E-state index contributed by atoms with van der Waals surface area (Å²) in [5.74, 6) is -0.288. The normalized spacial score (nSPS) is 11.1. The van der Waals surface area contributed by atoms with E-state index in [1.54, 1.807) is 11.3 Å². The molecule has 0 spiro atoms. The number of carbonyl (C=O) groups excluding carboxylic acids is 1. The van der Waals surface area contributed by atoms with Crippen LogP contribution in [0.5, 0.6) is 0 Å². The van der Waals surface area contributed by atoms with Gasteiger partial charge in [-0.15, -0.1) is 11.3 Å². The summed E-state index contributed by atoms with van der Waals surface area (Å²) in [6.45, 7) is 2.19. The number of aromatic nitrogens is 4. The summed E-state index contributed by atoms with van der Waals surface area (Å²) in [6.07, 6.45) is 1.99. The van der Waals surface area contributed by atoms with E-state index in [9.17, 15) is 9.59 Å². The largest absolute Gasteiger partial charge is 0.350 e. The molecule has 0 aliphatic heterocycles. The van der Waals surface area contributed by atoms with Crippen LogP contribution in [0.25, 0.3) is 16.0 Å². The molecular weight excluding hydrogens is 350 g/mol. The van der Waals surface area contributed by atoms with E-state index in [-0.39, 0.29) is 17.2 Å². The van der Waals surface area contributed by atoms with Crippen LogP contribution in [0.1, 0.15) is 21.9 Å². The zero-order chi connectivity index (χ0) is 18.1. The summed E-state index contributed by atoms with van der Waals surface area (Å²) in [5, 5.41) is 4.72. The Hall–Kier alpha value is -3.13. The molecule has 3 heterocycles. The average Bonchev–Trinajstić information content (AvgIpc) is 3.04. The number of rotatable bonds is 4. The third kappa shape index (κ3) is 3.06. The minimum Gasteiger partial charge on any atom is -0.350 e. The zero-order valence-electron chi connectivity index (χ0n) is 14.0. The second-order valence-electron chi connectivity index (χ2n) is 5.83. The number of hydrogen-bond donors (Lipinski definition) is 1. The summed E-state index contributed by atoms with van der Waals surface area (Å²) < 4.78 is 1.58. The van der Waals surface area contributed by atoms with Gasteiger partial charge < -0.3 is 5.32 Å². The van der Waals surface area contributed by atoms with Crippen molar-refractivity contribution in [3.63, 3.8) is 0 Å². The van der Waals surface area contributed by atoms with E-state index in [4.69, 9.17) is 0 Å². The number of nitrogens with one attached hydrogen (secondary N) is 1. The van der Waals surface area contributed by atoms with Crippen LogP contribution in [0.4, 0.5) is 0 Å². The molecule has 0 radical (unpaired) electrons. The Morgan fingerprint density at radius 3 is 2.88 bits per heavy atom. The predicted molar refractivity (Wildman–Crippen MR) is 99.7 cm³/mol. The van der Waals surface area contributed by atoms with Crippen molar-refractivity contribution in [1.82, 2.24) is 24.7 Å². The van der Waals surface area contributed by atoms with E-state index >= 15 is 0 Å². The van der Waals surface area contributed by atoms with E-state index in [1.165, 1.54) is 23.6 Å². The Kier molecular flexibility index (Phi) is 4.18. The summed E-state index contributed by atoms with van der Waals surface area (Å²) in [4.78, 5) is 38.0. The summed E-state index contributed by atoms with van der Waals surface area (Å²) >= 11 is 1.42. The molecule has 3 aromatic heterocycles. The van der Waals surface area contributed by atoms with Gasteiger partial charge in [0.2, 0.25) is 0 Å². The fourth-order valence-electron chi connectivity index (χ4n) is 2.72. The van der Waals surface area contributed by atoms with Gasteiger partial charge in [-0.25, -0.2) is 9.97 Å². The molecule has 1 amide bonds. The molecule has 0 aliphatic carbocycles. The number of para-hydroxylation sites is 2. The SMILES string of the molecule is Cc1cc(=O)n2c(CCNC(=O)c3cnc4ccccc4n3)csc2n1. The number of aryl methyl sites for hydroxylation is 1. The van der Waals surface area contributed by atoms with Gasteiger partial charge in [0, 0.05) is 35.8 Å². The number of thiazole rings is 1. The van der Waals surface area contributed by atoms with Crippen molar-refractivity contribution in [2.45, 2.75) is 13.3 Å². The van der Waals surface area contributed by atoms with Crippen molar-refractivity contribution in [3.05, 3.63) is 69.3 Å². The number of nitrogens with zero attached hydrogens (tertiary/aromatic N) is 4. The molecule has 4 aromatic rings. The molecule has 0 aliphatic rings. The fourth-order valence-corrected chi connectivity index (χ4v) is 3.69. The minimum absolute atomic E-state index is 0.101. The fraction of sp³-hybridized carbons (Fsp3) is 0.167.